The smallest absolute Gasteiger partial charge is 0.250 e. The van der Waals surface area contributed by atoms with E-state index in [1.165, 1.54) is 27.8 Å². The molecule has 0 heterocycles. The summed E-state index contributed by atoms with van der Waals surface area (Å²) in [7, 11) is 0. The van der Waals surface area contributed by atoms with Gasteiger partial charge in [0.2, 0.25) is 5.91 Å². The van der Waals surface area contributed by atoms with Gasteiger partial charge in [-0.25, -0.2) is 5.43 Å². The molecular weight excluding hydrogens is 316 g/mol. The molecule has 0 aromatic heterocycles. The molecule has 0 aliphatic rings. The van der Waals surface area contributed by atoms with Gasteiger partial charge in [0.15, 0.2) is 0 Å². The minimum absolute atomic E-state index is 0.0788. The van der Waals surface area contributed by atoms with Crippen molar-refractivity contribution in [2.45, 2.75) is 33.4 Å². The predicted molar refractivity (Wildman–Crippen MR) is 104 cm³/mol. The lowest BCUT2D eigenvalue weighted by Gasteiger charge is -2.07. The van der Waals surface area contributed by atoms with Crippen LogP contribution in [0.25, 0.3) is 0 Å². The van der Waals surface area contributed by atoms with Crippen molar-refractivity contribution in [1.82, 2.24) is 5.43 Å². The minimum atomic E-state index is -0.0788. The van der Waals surface area contributed by atoms with Gasteiger partial charge in [0.05, 0.1) is 12.0 Å². The lowest BCUT2D eigenvalue weighted by molar-refractivity contribution is -0.118. The van der Waals surface area contributed by atoms with Crippen LogP contribution in [-0.4, -0.2) is 17.9 Å². The molecule has 0 atom stereocenters. The van der Waals surface area contributed by atoms with Gasteiger partial charge in [-0.05, 0) is 55.5 Å². The molecular formula is C20H24N2OS. The van der Waals surface area contributed by atoms with Crippen LogP contribution in [-0.2, 0) is 10.5 Å². The molecule has 0 fully saturated rings. The third kappa shape index (κ3) is 5.24. The molecule has 1 amide bonds. The molecule has 0 radical (unpaired) electrons. The Morgan fingerprint density at radius 3 is 2.46 bits per heavy atom. The van der Waals surface area contributed by atoms with Crippen LogP contribution in [0, 0.1) is 27.7 Å². The summed E-state index contributed by atoms with van der Waals surface area (Å²) in [5, 5.41) is 4.07. The Labute approximate surface area is 148 Å². The molecule has 2 aromatic carbocycles. The van der Waals surface area contributed by atoms with Gasteiger partial charge in [-0.3, -0.25) is 4.79 Å². The quantitative estimate of drug-likeness (QED) is 0.629. The average Bonchev–Trinajstić information content (AvgIpc) is 2.57. The Morgan fingerprint density at radius 1 is 1.04 bits per heavy atom. The summed E-state index contributed by atoms with van der Waals surface area (Å²) in [6, 6.07) is 12.5. The lowest BCUT2D eigenvalue weighted by Crippen LogP contribution is -2.19. The van der Waals surface area contributed by atoms with Gasteiger partial charge >= 0.3 is 0 Å². The third-order valence-electron chi connectivity index (χ3n) is 4.12. The highest BCUT2D eigenvalue weighted by Crippen LogP contribution is 2.15. The van der Waals surface area contributed by atoms with Crippen molar-refractivity contribution >= 4 is 23.9 Å². The zero-order valence-corrected chi connectivity index (χ0v) is 15.5. The molecule has 24 heavy (non-hydrogen) atoms. The zero-order chi connectivity index (χ0) is 17.5. The molecule has 0 saturated heterocycles. The SMILES string of the molecule is Cc1ccc(CSCC(=O)N/N=C\c2ccc(C)c(C)c2C)cc1. The summed E-state index contributed by atoms with van der Waals surface area (Å²) in [5.74, 6) is 1.15. The first-order valence-corrected chi connectivity index (χ1v) is 9.15. The van der Waals surface area contributed by atoms with E-state index in [-0.39, 0.29) is 5.91 Å². The number of hydrazone groups is 1. The second kappa shape index (κ2) is 8.69. The molecule has 0 bridgehead atoms. The molecule has 0 aliphatic carbocycles. The number of hydrogen-bond donors (Lipinski definition) is 1. The first-order chi connectivity index (χ1) is 11.5. The second-order valence-electron chi connectivity index (χ2n) is 5.99. The molecule has 0 spiro atoms. The molecule has 2 rings (SSSR count). The first kappa shape index (κ1) is 18.3. The van der Waals surface area contributed by atoms with E-state index in [9.17, 15) is 4.79 Å². The molecule has 0 unspecified atom stereocenters. The number of nitrogens with zero attached hydrogens (tertiary/aromatic N) is 1. The van der Waals surface area contributed by atoms with Gasteiger partial charge in [-0.2, -0.15) is 5.10 Å². The molecule has 3 nitrogen and oxygen atoms in total. The summed E-state index contributed by atoms with van der Waals surface area (Å²) in [6.07, 6.45) is 1.71. The van der Waals surface area contributed by atoms with Crippen molar-refractivity contribution in [3.8, 4) is 0 Å². The normalized spacial score (nSPS) is 11.0. The molecule has 2 aromatic rings. The number of rotatable bonds is 6. The average molecular weight is 340 g/mol. The van der Waals surface area contributed by atoms with E-state index in [0.29, 0.717) is 5.75 Å². The third-order valence-corrected chi connectivity index (χ3v) is 5.12. The highest BCUT2D eigenvalue weighted by atomic mass is 32.2. The fourth-order valence-corrected chi connectivity index (χ4v) is 3.05. The Bertz CT molecular complexity index is 736. The fourth-order valence-electron chi connectivity index (χ4n) is 2.27. The number of carbonyl (C=O) groups is 1. The first-order valence-electron chi connectivity index (χ1n) is 7.99. The minimum Gasteiger partial charge on any atom is -0.272 e. The summed E-state index contributed by atoms with van der Waals surface area (Å²) < 4.78 is 0. The zero-order valence-electron chi connectivity index (χ0n) is 14.7. The standard InChI is InChI=1S/C20H24N2OS/c1-14-5-8-18(9-6-14)12-24-13-20(23)22-21-11-19-10-7-15(2)16(3)17(19)4/h5-11H,12-13H2,1-4H3,(H,22,23)/b21-11-. The van der Waals surface area contributed by atoms with Crippen LogP contribution in [0.3, 0.4) is 0 Å². The van der Waals surface area contributed by atoms with Gasteiger partial charge in [-0.1, -0.05) is 42.0 Å². The molecule has 1 N–H and O–H groups in total. The van der Waals surface area contributed by atoms with Gasteiger partial charge < -0.3 is 0 Å². The Kier molecular flexibility index (Phi) is 6.62. The Balaban J connectivity index is 1.78. The van der Waals surface area contributed by atoms with Crippen LogP contribution >= 0.6 is 11.8 Å². The van der Waals surface area contributed by atoms with Gasteiger partial charge in [0, 0.05) is 5.75 Å². The molecule has 126 valence electrons. The monoisotopic (exact) mass is 340 g/mol. The molecule has 4 heteroatoms. The summed E-state index contributed by atoms with van der Waals surface area (Å²) in [6.45, 7) is 8.33. The van der Waals surface area contributed by atoms with Crippen molar-refractivity contribution < 1.29 is 4.79 Å². The Hall–Kier alpha value is -2.07. The topological polar surface area (TPSA) is 41.5 Å². The lowest BCUT2D eigenvalue weighted by atomic mass is 10.00. The van der Waals surface area contributed by atoms with Crippen molar-refractivity contribution in [2.75, 3.05) is 5.75 Å². The largest absolute Gasteiger partial charge is 0.272 e. The number of amides is 1. The van der Waals surface area contributed by atoms with Crippen LogP contribution in [0.2, 0.25) is 0 Å². The maximum absolute atomic E-state index is 11.8. The van der Waals surface area contributed by atoms with Crippen molar-refractivity contribution in [2.24, 2.45) is 5.10 Å². The fraction of sp³-hybridized carbons (Fsp3) is 0.300. The second-order valence-corrected chi connectivity index (χ2v) is 6.98. The number of aryl methyl sites for hydroxylation is 2. The van der Waals surface area contributed by atoms with Gasteiger partial charge in [0.1, 0.15) is 0 Å². The molecule has 0 aliphatic heterocycles. The number of carbonyl (C=O) groups excluding carboxylic acids is 1. The number of nitrogens with one attached hydrogen (secondary N) is 1. The van der Waals surface area contributed by atoms with Crippen LogP contribution < -0.4 is 5.43 Å². The highest BCUT2D eigenvalue weighted by molar-refractivity contribution is 7.99. The van der Waals surface area contributed by atoms with Crippen LogP contribution in [0.15, 0.2) is 41.5 Å². The van der Waals surface area contributed by atoms with Crippen LogP contribution in [0.1, 0.15) is 33.4 Å². The van der Waals surface area contributed by atoms with Gasteiger partial charge in [-0.15, -0.1) is 11.8 Å². The van der Waals surface area contributed by atoms with Crippen molar-refractivity contribution in [1.29, 1.82) is 0 Å². The molecule has 0 saturated carbocycles. The maximum atomic E-state index is 11.8. The van der Waals surface area contributed by atoms with E-state index in [1.54, 1.807) is 18.0 Å². The number of hydrogen-bond acceptors (Lipinski definition) is 3. The van der Waals surface area contributed by atoms with E-state index in [4.69, 9.17) is 0 Å². The van der Waals surface area contributed by atoms with Crippen molar-refractivity contribution in [3.05, 3.63) is 69.8 Å². The van der Waals surface area contributed by atoms with E-state index >= 15 is 0 Å². The summed E-state index contributed by atoms with van der Waals surface area (Å²) in [5.41, 5.74) is 9.83. The number of thioether (sulfide) groups is 1. The van der Waals surface area contributed by atoms with Gasteiger partial charge in [0.25, 0.3) is 0 Å². The number of benzene rings is 2. The van der Waals surface area contributed by atoms with E-state index in [0.717, 1.165) is 11.3 Å². The Morgan fingerprint density at radius 2 is 1.75 bits per heavy atom. The predicted octanol–water partition coefficient (Wildman–Crippen LogP) is 4.30. The van der Waals surface area contributed by atoms with E-state index in [2.05, 4.69) is 68.6 Å². The van der Waals surface area contributed by atoms with E-state index in [1.807, 2.05) is 6.07 Å². The maximum Gasteiger partial charge on any atom is 0.250 e. The van der Waals surface area contributed by atoms with Crippen LogP contribution in [0.4, 0.5) is 0 Å². The summed E-state index contributed by atoms with van der Waals surface area (Å²) in [4.78, 5) is 11.8. The summed E-state index contributed by atoms with van der Waals surface area (Å²) >= 11 is 1.59. The van der Waals surface area contributed by atoms with E-state index < -0.39 is 0 Å². The highest BCUT2D eigenvalue weighted by Gasteiger charge is 2.03. The van der Waals surface area contributed by atoms with Crippen LogP contribution in [0.5, 0.6) is 0 Å². The van der Waals surface area contributed by atoms with Crippen molar-refractivity contribution in [3.63, 3.8) is 0 Å².